The van der Waals surface area contributed by atoms with Crippen molar-refractivity contribution in [3.63, 3.8) is 0 Å². The highest BCUT2D eigenvalue weighted by molar-refractivity contribution is 9.10. The molecule has 1 rings (SSSR count). The molecule has 0 aliphatic carbocycles. The highest BCUT2D eigenvalue weighted by Gasteiger charge is 2.16. The van der Waals surface area contributed by atoms with Gasteiger partial charge in [-0.3, -0.25) is 14.4 Å². The molecule has 0 spiro atoms. The molecule has 0 saturated carbocycles. The molecular weight excluding hydrogens is 344 g/mol. The minimum absolute atomic E-state index is 0.118. The van der Waals surface area contributed by atoms with Crippen molar-refractivity contribution in [3.05, 3.63) is 22.6 Å². The average molecular weight is 361 g/mol. The number of esters is 1. The summed E-state index contributed by atoms with van der Waals surface area (Å²) >= 11 is 3.09. The van der Waals surface area contributed by atoms with Gasteiger partial charge in [0.2, 0.25) is 5.91 Å². The van der Waals surface area contributed by atoms with Gasteiger partial charge in [0.15, 0.2) is 10.4 Å². The fourth-order valence-electron chi connectivity index (χ4n) is 1.58. The Morgan fingerprint density at radius 3 is 2.62 bits per heavy atom. The van der Waals surface area contributed by atoms with Gasteiger partial charge in [0.25, 0.3) is 5.91 Å². The standard InChI is InChI=1S/C13H17BrN2O5/c1-3-16(7-6-12(18)20-2)11(17)8-15-13(19)9-4-5-10(14)21-9/h4-5H,3,6-8H2,1-2H3,(H,15,19). The van der Waals surface area contributed by atoms with Gasteiger partial charge in [0.1, 0.15) is 0 Å². The number of ether oxygens (including phenoxy) is 1. The first-order chi connectivity index (χ1) is 9.97. The third-order valence-corrected chi connectivity index (χ3v) is 3.17. The van der Waals surface area contributed by atoms with Crippen LogP contribution in [0.2, 0.25) is 0 Å². The van der Waals surface area contributed by atoms with Crippen LogP contribution in [0.15, 0.2) is 21.2 Å². The molecular formula is C13H17BrN2O5. The van der Waals surface area contributed by atoms with E-state index < -0.39 is 5.91 Å². The number of amides is 2. The molecule has 1 N–H and O–H groups in total. The second-order valence-corrected chi connectivity index (χ2v) is 4.87. The number of likely N-dealkylation sites (N-methyl/N-ethyl adjacent to an activating group) is 1. The third kappa shape index (κ3) is 5.58. The smallest absolute Gasteiger partial charge is 0.307 e. The predicted molar refractivity (Wildman–Crippen MR) is 77.6 cm³/mol. The van der Waals surface area contributed by atoms with E-state index in [1.807, 2.05) is 0 Å². The Bertz CT molecular complexity index is 514. The zero-order valence-electron chi connectivity index (χ0n) is 11.8. The number of rotatable bonds is 7. The maximum atomic E-state index is 11.9. The van der Waals surface area contributed by atoms with Crippen LogP contribution < -0.4 is 5.32 Å². The molecule has 0 radical (unpaired) electrons. The van der Waals surface area contributed by atoms with E-state index in [1.54, 1.807) is 13.0 Å². The molecule has 1 aromatic rings. The first-order valence-corrected chi connectivity index (χ1v) is 7.15. The maximum Gasteiger partial charge on any atom is 0.307 e. The third-order valence-electron chi connectivity index (χ3n) is 2.75. The average Bonchev–Trinajstić information content (AvgIpc) is 2.91. The summed E-state index contributed by atoms with van der Waals surface area (Å²) in [4.78, 5) is 36.2. The van der Waals surface area contributed by atoms with Crippen LogP contribution in [0.4, 0.5) is 0 Å². The first kappa shape index (κ1) is 17.2. The van der Waals surface area contributed by atoms with Gasteiger partial charge in [-0.2, -0.15) is 0 Å². The number of methoxy groups -OCH3 is 1. The van der Waals surface area contributed by atoms with E-state index in [0.29, 0.717) is 11.2 Å². The van der Waals surface area contributed by atoms with Gasteiger partial charge in [-0.1, -0.05) is 0 Å². The van der Waals surface area contributed by atoms with Crippen LogP contribution in [0.1, 0.15) is 23.9 Å². The summed E-state index contributed by atoms with van der Waals surface area (Å²) in [5.41, 5.74) is 0. The van der Waals surface area contributed by atoms with Crippen LogP contribution in [0, 0.1) is 0 Å². The first-order valence-electron chi connectivity index (χ1n) is 6.36. The highest BCUT2D eigenvalue weighted by atomic mass is 79.9. The summed E-state index contributed by atoms with van der Waals surface area (Å²) in [7, 11) is 1.29. The van der Waals surface area contributed by atoms with Crippen molar-refractivity contribution in [2.75, 3.05) is 26.7 Å². The number of carbonyl (C=O) groups is 3. The molecule has 21 heavy (non-hydrogen) atoms. The molecule has 0 unspecified atom stereocenters. The Balaban J connectivity index is 2.43. The second kappa shape index (κ2) is 8.46. The molecule has 0 aromatic carbocycles. The fourth-order valence-corrected chi connectivity index (χ4v) is 1.89. The molecule has 0 aliphatic rings. The van der Waals surface area contributed by atoms with Gasteiger partial charge < -0.3 is 19.4 Å². The summed E-state index contributed by atoms with van der Waals surface area (Å²) in [6.45, 7) is 2.33. The van der Waals surface area contributed by atoms with Gasteiger partial charge in [-0.15, -0.1) is 0 Å². The second-order valence-electron chi connectivity index (χ2n) is 4.09. The van der Waals surface area contributed by atoms with E-state index in [2.05, 4.69) is 26.0 Å². The van der Waals surface area contributed by atoms with E-state index in [4.69, 9.17) is 4.42 Å². The highest BCUT2D eigenvalue weighted by Crippen LogP contribution is 2.13. The molecule has 8 heteroatoms. The molecule has 7 nitrogen and oxygen atoms in total. The Hall–Kier alpha value is -1.83. The van der Waals surface area contributed by atoms with E-state index >= 15 is 0 Å². The van der Waals surface area contributed by atoms with Crippen LogP contribution in [0.3, 0.4) is 0 Å². The van der Waals surface area contributed by atoms with Crippen molar-refractivity contribution < 1.29 is 23.5 Å². The van der Waals surface area contributed by atoms with Crippen LogP contribution in [-0.2, 0) is 14.3 Å². The number of hydrogen-bond donors (Lipinski definition) is 1. The SMILES string of the molecule is CCN(CCC(=O)OC)C(=O)CNC(=O)c1ccc(Br)o1. The van der Waals surface area contributed by atoms with E-state index in [1.165, 1.54) is 18.1 Å². The molecule has 0 fully saturated rings. The summed E-state index contributed by atoms with van der Waals surface area (Å²) in [6.07, 6.45) is 0.120. The topological polar surface area (TPSA) is 88.9 Å². The summed E-state index contributed by atoms with van der Waals surface area (Å²) in [5, 5.41) is 2.47. The van der Waals surface area contributed by atoms with Crippen molar-refractivity contribution in [2.45, 2.75) is 13.3 Å². The molecule has 1 heterocycles. The number of furan rings is 1. The number of halogens is 1. The molecule has 0 bridgehead atoms. The van der Waals surface area contributed by atoms with Crippen molar-refractivity contribution >= 4 is 33.7 Å². The zero-order chi connectivity index (χ0) is 15.8. The van der Waals surface area contributed by atoms with Crippen molar-refractivity contribution in [3.8, 4) is 0 Å². The Morgan fingerprint density at radius 1 is 1.38 bits per heavy atom. The van der Waals surface area contributed by atoms with Gasteiger partial charge in [-0.25, -0.2) is 0 Å². The van der Waals surface area contributed by atoms with Gasteiger partial charge in [0.05, 0.1) is 20.1 Å². The van der Waals surface area contributed by atoms with Crippen molar-refractivity contribution in [1.29, 1.82) is 0 Å². The number of nitrogens with one attached hydrogen (secondary N) is 1. The van der Waals surface area contributed by atoms with Gasteiger partial charge >= 0.3 is 5.97 Å². The molecule has 0 aliphatic heterocycles. The van der Waals surface area contributed by atoms with Crippen LogP contribution in [-0.4, -0.2) is 49.4 Å². The van der Waals surface area contributed by atoms with Crippen LogP contribution in [0.25, 0.3) is 0 Å². The van der Waals surface area contributed by atoms with Gasteiger partial charge in [-0.05, 0) is 35.0 Å². The van der Waals surface area contributed by atoms with Crippen LogP contribution in [0.5, 0.6) is 0 Å². The Labute approximate surface area is 130 Å². The number of carbonyl (C=O) groups excluding carboxylic acids is 3. The Kier molecular flexibility index (Phi) is 6.93. The normalized spacial score (nSPS) is 10.0. The quantitative estimate of drug-likeness (QED) is 0.737. The maximum absolute atomic E-state index is 11.9. The number of hydrogen-bond acceptors (Lipinski definition) is 5. The molecule has 116 valence electrons. The lowest BCUT2D eigenvalue weighted by Crippen LogP contribution is -2.41. The lowest BCUT2D eigenvalue weighted by atomic mass is 10.3. The minimum Gasteiger partial charge on any atom is -0.469 e. The van der Waals surface area contributed by atoms with Crippen molar-refractivity contribution in [1.82, 2.24) is 10.2 Å². The summed E-state index contributed by atoms with van der Waals surface area (Å²) in [6, 6.07) is 3.09. The molecule has 0 atom stereocenters. The van der Waals surface area contributed by atoms with E-state index in [-0.39, 0.29) is 37.1 Å². The number of nitrogens with zero attached hydrogens (tertiary/aromatic N) is 1. The van der Waals surface area contributed by atoms with E-state index in [0.717, 1.165) is 0 Å². The van der Waals surface area contributed by atoms with Gasteiger partial charge in [0, 0.05) is 13.1 Å². The Morgan fingerprint density at radius 2 is 2.10 bits per heavy atom. The van der Waals surface area contributed by atoms with Crippen LogP contribution >= 0.6 is 15.9 Å². The molecule has 0 saturated heterocycles. The molecule has 1 aromatic heterocycles. The largest absolute Gasteiger partial charge is 0.469 e. The van der Waals surface area contributed by atoms with E-state index in [9.17, 15) is 14.4 Å². The summed E-state index contributed by atoms with van der Waals surface area (Å²) < 4.78 is 10.0. The lowest BCUT2D eigenvalue weighted by Gasteiger charge is -2.20. The molecule has 2 amide bonds. The fraction of sp³-hybridized carbons (Fsp3) is 0.462. The predicted octanol–water partition coefficient (Wildman–Crippen LogP) is 1.18. The lowest BCUT2D eigenvalue weighted by molar-refractivity contribution is -0.141. The van der Waals surface area contributed by atoms with Crippen molar-refractivity contribution in [2.24, 2.45) is 0 Å². The monoisotopic (exact) mass is 360 g/mol. The summed E-state index contributed by atoms with van der Waals surface area (Å²) in [5.74, 6) is -1.02. The minimum atomic E-state index is -0.474. The zero-order valence-corrected chi connectivity index (χ0v) is 13.4.